The van der Waals surface area contributed by atoms with Crippen LogP contribution >= 0.6 is 11.8 Å². The Balaban J connectivity index is 1.62. The number of benzene rings is 3. The van der Waals surface area contributed by atoms with E-state index < -0.39 is 15.3 Å². The summed E-state index contributed by atoms with van der Waals surface area (Å²) in [5.74, 6) is 0.610. The zero-order chi connectivity index (χ0) is 24.3. The molecular formula is C25H24N4O3S2. The van der Waals surface area contributed by atoms with Gasteiger partial charge in [-0.05, 0) is 50.2 Å². The topological polar surface area (TPSA) is 94.0 Å². The first kappa shape index (κ1) is 23.7. The third-order valence-electron chi connectivity index (χ3n) is 5.08. The fraction of sp³-hybridized carbons (Fsp3) is 0.160. The van der Waals surface area contributed by atoms with Gasteiger partial charge >= 0.3 is 0 Å². The fourth-order valence-electron chi connectivity index (χ4n) is 3.41. The molecule has 0 spiro atoms. The van der Waals surface area contributed by atoms with E-state index in [1.165, 1.54) is 11.8 Å². The number of hydrogen-bond acceptors (Lipinski definition) is 6. The van der Waals surface area contributed by atoms with E-state index >= 15 is 0 Å². The summed E-state index contributed by atoms with van der Waals surface area (Å²) >= 11 is 1.33. The summed E-state index contributed by atoms with van der Waals surface area (Å²) in [4.78, 5) is 13.1. The minimum atomic E-state index is -3.38. The number of carbonyl (C=O) groups excluding carboxylic acids is 1. The first-order valence-electron chi connectivity index (χ1n) is 10.6. The quantitative estimate of drug-likeness (QED) is 0.275. The molecule has 1 aromatic heterocycles. The smallest absolute Gasteiger partial charge is 0.229 e. The van der Waals surface area contributed by atoms with E-state index in [4.69, 9.17) is 0 Å². The largest absolute Gasteiger partial charge is 0.293 e. The van der Waals surface area contributed by atoms with Gasteiger partial charge in [0.15, 0.2) is 16.8 Å². The van der Waals surface area contributed by atoms with Crippen LogP contribution in [0.2, 0.25) is 0 Å². The molecule has 0 fully saturated rings. The van der Waals surface area contributed by atoms with Gasteiger partial charge in [0.25, 0.3) is 0 Å². The first-order chi connectivity index (χ1) is 16.2. The second kappa shape index (κ2) is 9.82. The van der Waals surface area contributed by atoms with E-state index in [2.05, 4.69) is 14.9 Å². The highest BCUT2D eigenvalue weighted by Crippen LogP contribution is 2.31. The summed E-state index contributed by atoms with van der Waals surface area (Å²) in [6, 6.07) is 24.3. The lowest BCUT2D eigenvalue weighted by molar-refractivity contribution is 0.0994. The van der Waals surface area contributed by atoms with Gasteiger partial charge in [-0.3, -0.25) is 14.1 Å². The lowest BCUT2D eigenvalue weighted by Gasteiger charge is -2.14. The van der Waals surface area contributed by atoms with Crippen molar-refractivity contribution in [3.63, 3.8) is 0 Å². The molecule has 0 amide bonds. The Hall–Kier alpha value is -3.43. The number of sulfonamides is 1. The van der Waals surface area contributed by atoms with E-state index in [1.807, 2.05) is 73.0 Å². The van der Waals surface area contributed by atoms with E-state index in [-0.39, 0.29) is 5.78 Å². The molecule has 9 heteroatoms. The van der Waals surface area contributed by atoms with E-state index in [9.17, 15) is 13.2 Å². The molecule has 0 saturated heterocycles. The zero-order valence-corrected chi connectivity index (χ0v) is 20.6. The summed E-state index contributed by atoms with van der Waals surface area (Å²) < 4.78 is 27.2. The monoisotopic (exact) mass is 492 g/mol. The van der Waals surface area contributed by atoms with Crippen molar-refractivity contribution in [2.45, 2.75) is 24.3 Å². The summed E-state index contributed by atoms with van der Waals surface area (Å²) in [5.41, 5.74) is 3.88. The second-order valence-electron chi connectivity index (χ2n) is 7.92. The van der Waals surface area contributed by atoms with Crippen LogP contribution in [0.15, 0.2) is 84.0 Å². The number of carbonyl (C=O) groups is 1. The normalized spacial score (nSPS) is 12.3. The summed E-state index contributed by atoms with van der Waals surface area (Å²) in [5, 5.41) is 9.01. The van der Waals surface area contributed by atoms with E-state index in [0.29, 0.717) is 22.2 Å². The average molecular weight is 493 g/mol. The highest BCUT2D eigenvalue weighted by molar-refractivity contribution is 8.00. The molecule has 4 rings (SSSR count). The minimum Gasteiger partial charge on any atom is -0.293 e. The van der Waals surface area contributed by atoms with Crippen LogP contribution in [0.3, 0.4) is 0 Å². The Morgan fingerprint density at radius 2 is 1.59 bits per heavy atom. The number of Topliss-reactive ketones (excluding diaryl/α,β-unsaturated/α-hetero) is 1. The number of aromatic nitrogens is 3. The SMILES string of the molecule is Cc1ccc(-n2c(SC(C)C(=O)c3ccc(NS(C)(=O)=O)cc3)nnc2-c2ccccc2)cc1. The van der Waals surface area contributed by atoms with Crippen LogP contribution < -0.4 is 4.72 Å². The summed E-state index contributed by atoms with van der Waals surface area (Å²) in [7, 11) is -3.38. The Labute approximate surface area is 203 Å². The van der Waals surface area contributed by atoms with E-state index in [1.54, 1.807) is 24.3 Å². The predicted octanol–water partition coefficient (Wildman–Crippen LogP) is 4.98. The average Bonchev–Trinajstić information content (AvgIpc) is 3.22. The Bertz CT molecular complexity index is 1400. The van der Waals surface area contributed by atoms with Crippen LogP contribution in [0, 0.1) is 6.92 Å². The molecule has 0 aliphatic rings. The number of nitrogens with one attached hydrogen (secondary N) is 1. The van der Waals surface area contributed by atoms with Crippen molar-refractivity contribution in [1.29, 1.82) is 0 Å². The lowest BCUT2D eigenvalue weighted by atomic mass is 10.1. The van der Waals surface area contributed by atoms with Crippen LogP contribution in [-0.4, -0.2) is 40.5 Å². The molecule has 0 aliphatic carbocycles. The Kier molecular flexibility index (Phi) is 6.85. The number of anilines is 1. The fourth-order valence-corrected chi connectivity index (χ4v) is 4.92. The van der Waals surface area contributed by atoms with Gasteiger partial charge in [0, 0.05) is 22.5 Å². The van der Waals surface area contributed by atoms with Crippen molar-refractivity contribution in [3.05, 3.63) is 90.0 Å². The van der Waals surface area contributed by atoms with Gasteiger partial charge in [0.05, 0.1) is 11.5 Å². The van der Waals surface area contributed by atoms with Crippen LogP contribution in [-0.2, 0) is 10.0 Å². The molecule has 1 atom stereocenters. The van der Waals surface area contributed by atoms with Crippen LogP contribution in [0.4, 0.5) is 5.69 Å². The molecule has 1 N–H and O–H groups in total. The third-order valence-corrected chi connectivity index (χ3v) is 6.73. The first-order valence-corrected chi connectivity index (χ1v) is 13.3. The molecule has 0 radical (unpaired) electrons. The Morgan fingerprint density at radius 3 is 2.21 bits per heavy atom. The van der Waals surface area contributed by atoms with Gasteiger partial charge in [0.1, 0.15) is 0 Å². The number of ketones is 1. The summed E-state index contributed by atoms with van der Waals surface area (Å²) in [6.45, 7) is 3.85. The van der Waals surface area contributed by atoms with Gasteiger partial charge in [-0.15, -0.1) is 10.2 Å². The molecule has 1 heterocycles. The number of aryl methyl sites for hydroxylation is 1. The van der Waals surface area contributed by atoms with Gasteiger partial charge in [0.2, 0.25) is 10.0 Å². The number of thioether (sulfide) groups is 1. The van der Waals surface area contributed by atoms with Crippen molar-refractivity contribution in [2.75, 3.05) is 11.0 Å². The van der Waals surface area contributed by atoms with Gasteiger partial charge in [-0.25, -0.2) is 8.42 Å². The molecule has 0 saturated carbocycles. The molecule has 0 aliphatic heterocycles. The molecule has 34 heavy (non-hydrogen) atoms. The maximum Gasteiger partial charge on any atom is 0.229 e. The molecule has 0 bridgehead atoms. The number of nitrogens with zero attached hydrogens (tertiary/aromatic N) is 3. The molecule has 1 unspecified atom stereocenters. The van der Waals surface area contributed by atoms with Crippen LogP contribution in [0.5, 0.6) is 0 Å². The van der Waals surface area contributed by atoms with Crippen molar-refractivity contribution in [3.8, 4) is 17.1 Å². The van der Waals surface area contributed by atoms with E-state index in [0.717, 1.165) is 23.1 Å². The van der Waals surface area contributed by atoms with Crippen LogP contribution in [0.25, 0.3) is 17.1 Å². The van der Waals surface area contributed by atoms with Gasteiger partial charge in [-0.1, -0.05) is 59.8 Å². The third kappa shape index (κ3) is 5.55. The van der Waals surface area contributed by atoms with Crippen molar-refractivity contribution >= 4 is 33.3 Å². The molecule has 3 aromatic carbocycles. The van der Waals surface area contributed by atoms with Gasteiger partial charge in [-0.2, -0.15) is 0 Å². The van der Waals surface area contributed by atoms with Crippen LogP contribution in [0.1, 0.15) is 22.8 Å². The molecular weight excluding hydrogens is 468 g/mol. The Morgan fingerprint density at radius 1 is 0.941 bits per heavy atom. The summed E-state index contributed by atoms with van der Waals surface area (Å²) in [6.07, 6.45) is 1.08. The maximum atomic E-state index is 13.1. The second-order valence-corrected chi connectivity index (χ2v) is 11.0. The van der Waals surface area contributed by atoms with Crippen molar-refractivity contribution in [2.24, 2.45) is 0 Å². The van der Waals surface area contributed by atoms with Crippen molar-refractivity contribution < 1.29 is 13.2 Å². The zero-order valence-electron chi connectivity index (χ0n) is 19.0. The predicted molar refractivity (Wildman–Crippen MR) is 136 cm³/mol. The van der Waals surface area contributed by atoms with Gasteiger partial charge < -0.3 is 0 Å². The highest BCUT2D eigenvalue weighted by Gasteiger charge is 2.23. The lowest BCUT2D eigenvalue weighted by Crippen LogP contribution is -2.15. The molecule has 174 valence electrons. The highest BCUT2D eigenvalue weighted by atomic mass is 32.2. The minimum absolute atomic E-state index is 0.0874. The molecule has 7 nitrogen and oxygen atoms in total. The number of hydrogen-bond donors (Lipinski definition) is 1. The van der Waals surface area contributed by atoms with Crippen molar-refractivity contribution in [1.82, 2.24) is 14.8 Å². The number of rotatable bonds is 8. The molecule has 4 aromatic rings. The maximum absolute atomic E-state index is 13.1. The standard InChI is InChI=1S/C25H24N4O3S2/c1-17-9-15-22(16-10-17)29-24(20-7-5-4-6-8-20)26-27-25(29)33-18(2)23(30)19-11-13-21(14-12-19)28-34(3,31)32/h4-16,18,28H,1-3H3.